The summed E-state index contributed by atoms with van der Waals surface area (Å²) in [7, 11) is 0. The van der Waals surface area contributed by atoms with Crippen molar-refractivity contribution in [2.75, 3.05) is 0 Å². The summed E-state index contributed by atoms with van der Waals surface area (Å²) in [5, 5.41) is 10.2. The van der Waals surface area contributed by atoms with Crippen LogP contribution in [0.5, 0.6) is 0 Å². The minimum Gasteiger partial charge on any atom is -0.390 e. The van der Waals surface area contributed by atoms with Crippen LogP contribution >= 0.6 is 15.9 Å². The van der Waals surface area contributed by atoms with Gasteiger partial charge in [-0.3, -0.25) is 0 Å². The van der Waals surface area contributed by atoms with Gasteiger partial charge in [-0.05, 0) is 39.5 Å². The van der Waals surface area contributed by atoms with Crippen LogP contribution in [0.15, 0.2) is 0 Å². The normalized spacial score (nSPS) is 38.8. The second kappa shape index (κ2) is 7.13. The average Bonchev–Trinajstić information content (AvgIpc) is 2.22. The van der Waals surface area contributed by atoms with E-state index < -0.39 is 5.60 Å². The van der Waals surface area contributed by atoms with Crippen molar-refractivity contribution in [2.45, 2.75) is 94.4 Å². The first-order chi connectivity index (χ1) is 7.91. The Kier molecular flexibility index (Phi) is 6.50. The number of alkyl halides is 1. The predicted molar refractivity (Wildman–Crippen MR) is 78.7 cm³/mol. The topological polar surface area (TPSA) is 20.2 Å². The molecule has 17 heavy (non-hydrogen) atoms. The predicted octanol–water partition coefficient (Wildman–Crippen LogP) is 5.20. The van der Waals surface area contributed by atoms with E-state index in [9.17, 15) is 5.11 Å². The Labute approximate surface area is 116 Å². The third kappa shape index (κ3) is 7.46. The molecule has 102 valence electrons. The van der Waals surface area contributed by atoms with Gasteiger partial charge in [0.05, 0.1) is 5.60 Å². The van der Waals surface area contributed by atoms with Crippen LogP contribution in [0.25, 0.3) is 0 Å². The Hall–Kier alpha value is 0.440. The van der Waals surface area contributed by atoms with Crippen LogP contribution in [0.3, 0.4) is 0 Å². The van der Waals surface area contributed by atoms with Crippen LogP contribution in [0.2, 0.25) is 0 Å². The zero-order valence-corrected chi connectivity index (χ0v) is 13.2. The standard InChI is InChI=1S/C15H29BrO/c1-14(16)10-6-3-4-8-12-15(2,17)13-9-5-7-11-14/h17H,3-13H2,1-2H3/t14?,15-/m0/s1. The van der Waals surface area contributed by atoms with Crippen LogP contribution in [-0.2, 0) is 0 Å². The Morgan fingerprint density at radius 3 is 1.53 bits per heavy atom. The van der Waals surface area contributed by atoms with Crippen LogP contribution in [0.1, 0.15) is 84.5 Å². The molecular weight excluding hydrogens is 276 g/mol. The highest BCUT2D eigenvalue weighted by Gasteiger charge is 2.22. The summed E-state index contributed by atoms with van der Waals surface area (Å²) < 4.78 is 0.351. The molecule has 1 aliphatic rings. The van der Waals surface area contributed by atoms with Crippen molar-refractivity contribution in [3.05, 3.63) is 0 Å². The molecule has 0 spiro atoms. The first kappa shape index (κ1) is 15.5. The zero-order valence-electron chi connectivity index (χ0n) is 11.6. The van der Waals surface area contributed by atoms with Gasteiger partial charge in [0.25, 0.3) is 0 Å². The van der Waals surface area contributed by atoms with Gasteiger partial charge in [-0.15, -0.1) is 0 Å². The Morgan fingerprint density at radius 2 is 1.06 bits per heavy atom. The number of rotatable bonds is 0. The number of halogens is 1. The smallest absolute Gasteiger partial charge is 0.0619 e. The number of hydrogen-bond donors (Lipinski definition) is 1. The van der Waals surface area contributed by atoms with Gasteiger partial charge in [0.1, 0.15) is 0 Å². The first-order valence-electron chi connectivity index (χ1n) is 7.33. The minimum atomic E-state index is -0.411. The lowest BCUT2D eigenvalue weighted by atomic mass is 9.92. The fraction of sp³-hybridized carbons (Fsp3) is 1.00. The molecule has 1 unspecified atom stereocenters. The van der Waals surface area contributed by atoms with Crippen molar-refractivity contribution in [2.24, 2.45) is 0 Å². The van der Waals surface area contributed by atoms with Crippen molar-refractivity contribution in [3.8, 4) is 0 Å². The third-order valence-corrected chi connectivity index (χ3v) is 4.87. The number of hydrogen-bond acceptors (Lipinski definition) is 1. The van der Waals surface area contributed by atoms with E-state index in [-0.39, 0.29) is 0 Å². The lowest BCUT2D eigenvalue weighted by Gasteiger charge is -2.23. The summed E-state index contributed by atoms with van der Waals surface area (Å²) in [6.07, 6.45) is 13.4. The third-order valence-electron chi connectivity index (χ3n) is 4.08. The highest BCUT2D eigenvalue weighted by Crippen LogP contribution is 2.32. The van der Waals surface area contributed by atoms with E-state index in [4.69, 9.17) is 0 Å². The fourth-order valence-corrected chi connectivity index (χ4v) is 3.34. The summed E-state index contributed by atoms with van der Waals surface area (Å²) in [5.74, 6) is 0. The van der Waals surface area contributed by atoms with Crippen LogP contribution in [0, 0.1) is 0 Å². The fourth-order valence-electron chi connectivity index (χ4n) is 2.78. The molecular formula is C15H29BrO. The molecule has 1 saturated carbocycles. The minimum absolute atomic E-state index is 0.351. The van der Waals surface area contributed by atoms with Crippen molar-refractivity contribution >= 4 is 15.9 Å². The number of aliphatic hydroxyl groups is 1. The SMILES string of the molecule is CC1(Br)CCCCCC[C@](C)(O)CCCCC1. The van der Waals surface area contributed by atoms with Gasteiger partial charge >= 0.3 is 0 Å². The van der Waals surface area contributed by atoms with Gasteiger partial charge in [-0.2, -0.15) is 0 Å². The van der Waals surface area contributed by atoms with Gasteiger partial charge in [-0.25, -0.2) is 0 Å². The molecule has 0 aromatic rings. The Morgan fingerprint density at radius 1 is 0.706 bits per heavy atom. The molecule has 0 aromatic carbocycles. The molecule has 1 aliphatic carbocycles. The van der Waals surface area contributed by atoms with Crippen molar-refractivity contribution in [1.82, 2.24) is 0 Å². The summed E-state index contributed by atoms with van der Waals surface area (Å²) in [6, 6.07) is 0. The average molecular weight is 305 g/mol. The molecule has 1 rings (SSSR count). The molecule has 0 aliphatic heterocycles. The highest BCUT2D eigenvalue weighted by molar-refractivity contribution is 9.10. The Bertz CT molecular complexity index is 189. The summed E-state index contributed by atoms with van der Waals surface area (Å²) >= 11 is 3.87. The molecule has 2 heteroatoms. The maximum Gasteiger partial charge on any atom is 0.0619 e. The molecule has 1 nitrogen and oxygen atoms in total. The monoisotopic (exact) mass is 304 g/mol. The van der Waals surface area contributed by atoms with Crippen molar-refractivity contribution in [1.29, 1.82) is 0 Å². The summed E-state index contributed by atoms with van der Waals surface area (Å²) in [6.45, 7) is 4.35. The first-order valence-corrected chi connectivity index (χ1v) is 8.12. The van der Waals surface area contributed by atoms with Crippen molar-refractivity contribution < 1.29 is 5.11 Å². The Balaban J connectivity index is 2.40. The molecule has 0 saturated heterocycles. The van der Waals surface area contributed by atoms with Gasteiger partial charge in [-0.1, -0.05) is 60.9 Å². The maximum absolute atomic E-state index is 10.2. The van der Waals surface area contributed by atoms with Gasteiger partial charge in [0.15, 0.2) is 0 Å². The second-order valence-corrected chi connectivity index (χ2v) is 8.30. The van der Waals surface area contributed by atoms with E-state index in [1.165, 1.54) is 57.8 Å². The van der Waals surface area contributed by atoms with E-state index in [1.807, 2.05) is 6.92 Å². The molecule has 0 amide bonds. The molecule has 0 aromatic heterocycles. The van der Waals surface area contributed by atoms with Gasteiger partial charge in [0, 0.05) is 4.32 Å². The highest BCUT2D eigenvalue weighted by atomic mass is 79.9. The zero-order chi connectivity index (χ0) is 12.8. The molecule has 2 atom stereocenters. The largest absolute Gasteiger partial charge is 0.390 e. The van der Waals surface area contributed by atoms with E-state index >= 15 is 0 Å². The van der Waals surface area contributed by atoms with E-state index in [1.54, 1.807) is 0 Å². The van der Waals surface area contributed by atoms with Crippen molar-refractivity contribution in [3.63, 3.8) is 0 Å². The molecule has 1 fully saturated rings. The second-order valence-electron chi connectivity index (χ2n) is 6.39. The summed E-state index contributed by atoms with van der Waals surface area (Å²) in [4.78, 5) is 0. The quantitative estimate of drug-likeness (QED) is 0.610. The lowest BCUT2D eigenvalue weighted by molar-refractivity contribution is 0.0367. The van der Waals surface area contributed by atoms with E-state index in [0.29, 0.717) is 4.32 Å². The maximum atomic E-state index is 10.2. The lowest BCUT2D eigenvalue weighted by Crippen LogP contribution is -2.23. The van der Waals surface area contributed by atoms with Crippen LogP contribution < -0.4 is 0 Å². The van der Waals surface area contributed by atoms with E-state index in [0.717, 1.165) is 12.8 Å². The van der Waals surface area contributed by atoms with Crippen LogP contribution in [0.4, 0.5) is 0 Å². The van der Waals surface area contributed by atoms with Gasteiger partial charge in [0.2, 0.25) is 0 Å². The van der Waals surface area contributed by atoms with Gasteiger partial charge < -0.3 is 5.11 Å². The molecule has 0 heterocycles. The van der Waals surface area contributed by atoms with Crippen LogP contribution in [-0.4, -0.2) is 15.0 Å². The summed E-state index contributed by atoms with van der Waals surface area (Å²) in [5.41, 5.74) is -0.411. The molecule has 0 radical (unpaired) electrons. The van der Waals surface area contributed by atoms with E-state index in [2.05, 4.69) is 22.9 Å². The molecule has 1 N–H and O–H groups in total. The molecule has 0 bridgehead atoms.